The van der Waals surface area contributed by atoms with Gasteiger partial charge in [-0.3, -0.25) is 4.79 Å². The Morgan fingerprint density at radius 3 is 2.58 bits per heavy atom. The predicted octanol–water partition coefficient (Wildman–Crippen LogP) is 2.76. The molecule has 1 aromatic carbocycles. The molecule has 3 rings (SSSR count). The van der Waals surface area contributed by atoms with Gasteiger partial charge in [0.2, 0.25) is 5.95 Å². The van der Waals surface area contributed by atoms with Crippen molar-refractivity contribution < 1.29 is 9.32 Å². The van der Waals surface area contributed by atoms with E-state index >= 15 is 0 Å². The van der Waals surface area contributed by atoms with E-state index in [4.69, 9.17) is 4.52 Å². The standard InChI is InChI=1S/C17H17N5O2/c1-11-5-3-4-6-13(11)8-18-16(23)14-9-19-17(20-10-14)21-15-7-12(2)24-22-15/h3-7,9-10H,8H2,1-2H3,(H,18,23)(H,19,20,21,22). The third-order valence-electron chi connectivity index (χ3n) is 3.48. The molecule has 2 aromatic heterocycles. The molecule has 2 heterocycles. The van der Waals surface area contributed by atoms with Gasteiger partial charge in [0.25, 0.3) is 5.91 Å². The van der Waals surface area contributed by atoms with Crippen molar-refractivity contribution >= 4 is 17.7 Å². The highest BCUT2D eigenvalue weighted by atomic mass is 16.5. The van der Waals surface area contributed by atoms with Crippen molar-refractivity contribution in [3.8, 4) is 0 Å². The van der Waals surface area contributed by atoms with E-state index in [9.17, 15) is 4.79 Å². The van der Waals surface area contributed by atoms with Gasteiger partial charge in [-0.2, -0.15) is 0 Å². The Morgan fingerprint density at radius 1 is 1.17 bits per heavy atom. The lowest BCUT2D eigenvalue weighted by molar-refractivity contribution is 0.0950. The van der Waals surface area contributed by atoms with Crippen LogP contribution in [0.15, 0.2) is 47.2 Å². The zero-order chi connectivity index (χ0) is 16.9. The van der Waals surface area contributed by atoms with Crippen molar-refractivity contribution in [3.05, 3.63) is 65.2 Å². The first-order valence-electron chi connectivity index (χ1n) is 7.47. The van der Waals surface area contributed by atoms with Gasteiger partial charge in [0.1, 0.15) is 5.76 Å². The maximum absolute atomic E-state index is 12.2. The lowest BCUT2D eigenvalue weighted by atomic mass is 10.1. The summed E-state index contributed by atoms with van der Waals surface area (Å²) in [5.74, 6) is 1.33. The normalized spacial score (nSPS) is 10.4. The molecule has 0 bridgehead atoms. The van der Waals surface area contributed by atoms with E-state index in [0.29, 0.717) is 29.6 Å². The molecule has 7 nitrogen and oxygen atoms in total. The zero-order valence-corrected chi connectivity index (χ0v) is 13.4. The van der Waals surface area contributed by atoms with Crippen LogP contribution >= 0.6 is 0 Å². The van der Waals surface area contributed by atoms with Gasteiger partial charge in [-0.25, -0.2) is 9.97 Å². The number of aromatic nitrogens is 3. The molecule has 0 aliphatic rings. The maximum atomic E-state index is 12.2. The second-order valence-corrected chi connectivity index (χ2v) is 5.35. The molecule has 0 radical (unpaired) electrons. The number of amides is 1. The Bertz CT molecular complexity index is 842. The van der Waals surface area contributed by atoms with Crippen LogP contribution in [0.4, 0.5) is 11.8 Å². The number of hydrogen-bond acceptors (Lipinski definition) is 6. The number of rotatable bonds is 5. The fourth-order valence-electron chi connectivity index (χ4n) is 2.14. The van der Waals surface area contributed by atoms with Crippen LogP contribution in [0.3, 0.4) is 0 Å². The van der Waals surface area contributed by atoms with E-state index in [0.717, 1.165) is 11.1 Å². The molecule has 3 aromatic rings. The Labute approximate surface area is 139 Å². The second-order valence-electron chi connectivity index (χ2n) is 5.35. The van der Waals surface area contributed by atoms with Crippen molar-refractivity contribution in [3.63, 3.8) is 0 Å². The van der Waals surface area contributed by atoms with Crippen LogP contribution < -0.4 is 10.6 Å². The third-order valence-corrected chi connectivity index (χ3v) is 3.48. The Kier molecular flexibility index (Phi) is 4.51. The van der Waals surface area contributed by atoms with Crippen molar-refractivity contribution in [2.75, 3.05) is 5.32 Å². The quantitative estimate of drug-likeness (QED) is 0.750. The molecule has 24 heavy (non-hydrogen) atoms. The van der Waals surface area contributed by atoms with E-state index < -0.39 is 0 Å². The Balaban J connectivity index is 1.60. The van der Waals surface area contributed by atoms with Crippen LogP contribution in [0, 0.1) is 13.8 Å². The van der Waals surface area contributed by atoms with Crippen molar-refractivity contribution in [2.45, 2.75) is 20.4 Å². The van der Waals surface area contributed by atoms with Crippen LogP contribution in [0.25, 0.3) is 0 Å². The summed E-state index contributed by atoms with van der Waals surface area (Å²) < 4.78 is 4.95. The largest absolute Gasteiger partial charge is 0.360 e. The molecule has 1 amide bonds. The van der Waals surface area contributed by atoms with Gasteiger partial charge >= 0.3 is 0 Å². The summed E-state index contributed by atoms with van der Waals surface area (Å²) in [4.78, 5) is 20.4. The fraction of sp³-hybridized carbons (Fsp3) is 0.176. The van der Waals surface area contributed by atoms with Crippen molar-refractivity contribution in [2.24, 2.45) is 0 Å². The van der Waals surface area contributed by atoms with Crippen molar-refractivity contribution in [1.82, 2.24) is 20.4 Å². The highest BCUT2D eigenvalue weighted by Crippen LogP contribution is 2.12. The van der Waals surface area contributed by atoms with E-state index in [1.807, 2.05) is 31.2 Å². The molecule has 0 aliphatic carbocycles. The molecule has 0 aliphatic heterocycles. The van der Waals surface area contributed by atoms with Crippen LogP contribution in [-0.2, 0) is 6.54 Å². The molecule has 0 saturated carbocycles. The Hall–Kier alpha value is -3.22. The van der Waals surface area contributed by atoms with E-state index in [-0.39, 0.29) is 5.91 Å². The van der Waals surface area contributed by atoms with E-state index in [2.05, 4.69) is 25.8 Å². The maximum Gasteiger partial charge on any atom is 0.254 e. The van der Waals surface area contributed by atoms with Gasteiger partial charge in [-0.05, 0) is 25.0 Å². The van der Waals surface area contributed by atoms with Gasteiger partial charge in [0, 0.05) is 25.0 Å². The summed E-state index contributed by atoms with van der Waals surface area (Å²) in [7, 11) is 0. The zero-order valence-electron chi connectivity index (χ0n) is 13.4. The average molecular weight is 323 g/mol. The summed E-state index contributed by atoms with van der Waals surface area (Å²) in [6.07, 6.45) is 2.94. The van der Waals surface area contributed by atoms with Crippen LogP contribution in [-0.4, -0.2) is 21.0 Å². The monoisotopic (exact) mass is 323 g/mol. The summed E-state index contributed by atoms with van der Waals surface area (Å²) in [5, 5.41) is 9.55. The van der Waals surface area contributed by atoms with E-state index in [1.54, 1.807) is 13.0 Å². The van der Waals surface area contributed by atoms with Crippen molar-refractivity contribution in [1.29, 1.82) is 0 Å². The highest BCUT2D eigenvalue weighted by molar-refractivity contribution is 5.93. The highest BCUT2D eigenvalue weighted by Gasteiger charge is 2.09. The molecule has 2 N–H and O–H groups in total. The predicted molar refractivity (Wildman–Crippen MR) is 88.9 cm³/mol. The van der Waals surface area contributed by atoms with Crippen LogP contribution in [0.5, 0.6) is 0 Å². The number of anilines is 2. The second kappa shape index (κ2) is 6.91. The number of hydrogen-bond donors (Lipinski definition) is 2. The number of aryl methyl sites for hydroxylation is 2. The van der Waals surface area contributed by atoms with Gasteiger partial charge in [-0.1, -0.05) is 29.4 Å². The molecule has 7 heteroatoms. The lowest BCUT2D eigenvalue weighted by Crippen LogP contribution is -2.23. The minimum absolute atomic E-state index is 0.220. The first kappa shape index (κ1) is 15.7. The number of carbonyl (C=O) groups excluding carboxylic acids is 1. The van der Waals surface area contributed by atoms with Crippen LogP contribution in [0.2, 0.25) is 0 Å². The van der Waals surface area contributed by atoms with Gasteiger partial charge in [-0.15, -0.1) is 0 Å². The fourth-order valence-corrected chi connectivity index (χ4v) is 2.14. The topological polar surface area (TPSA) is 92.9 Å². The lowest BCUT2D eigenvalue weighted by Gasteiger charge is -2.08. The molecule has 0 fully saturated rings. The molecule has 0 unspecified atom stereocenters. The van der Waals surface area contributed by atoms with Gasteiger partial charge < -0.3 is 15.2 Å². The first-order valence-corrected chi connectivity index (χ1v) is 7.47. The first-order chi connectivity index (χ1) is 11.6. The van der Waals surface area contributed by atoms with E-state index in [1.165, 1.54) is 12.4 Å². The smallest absolute Gasteiger partial charge is 0.254 e. The van der Waals surface area contributed by atoms with Gasteiger partial charge in [0.05, 0.1) is 5.56 Å². The number of nitrogens with one attached hydrogen (secondary N) is 2. The minimum Gasteiger partial charge on any atom is -0.360 e. The molecule has 0 saturated heterocycles. The van der Waals surface area contributed by atoms with Crippen LogP contribution in [0.1, 0.15) is 27.2 Å². The summed E-state index contributed by atoms with van der Waals surface area (Å²) in [6.45, 7) is 4.27. The number of carbonyl (C=O) groups is 1. The Morgan fingerprint density at radius 2 is 1.92 bits per heavy atom. The molecule has 122 valence electrons. The number of nitrogens with zero attached hydrogens (tertiary/aromatic N) is 3. The summed E-state index contributed by atoms with van der Waals surface area (Å²) in [5.41, 5.74) is 2.61. The van der Waals surface area contributed by atoms with Gasteiger partial charge in [0.15, 0.2) is 5.82 Å². The molecule has 0 spiro atoms. The third kappa shape index (κ3) is 3.75. The minimum atomic E-state index is -0.220. The SMILES string of the molecule is Cc1cc(Nc2ncc(C(=O)NCc3ccccc3C)cn2)no1. The summed E-state index contributed by atoms with van der Waals surface area (Å²) in [6, 6.07) is 9.64. The average Bonchev–Trinajstić information content (AvgIpc) is 2.99. The number of benzene rings is 1. The molecule has 0 atom stereocenters. The molecular formula is C17H17N5O2. The molecular weight excluding hydrogens is 306 g/mol. The summed E-state index contributed by atoms with van der Waals surface area (Å²) >= 11 is 0.